The number of piperidine rings is 2. The maximum absolute atomic E-state index is 13.3. The van der Waals surface area contributed by atoms with Crippen molar-refractivity contribution in [3.63, 3.8) is 0 Å². The number of carbonyl (C=O) groups excluding carboxylic acids is 1. The van der Waals surface area contributed by atoms with Crippen LogP contribution in [0.25, 0.3) is 0 Å². The van der Waals surface area contributed by atoms with Gasteiger partial charge in [0.25, 0.3) is 0 Å². The van der Waals surface area contributed by atoms with Gasteiger partial charge in [-0.2, -0.15) is 0 Å². The van der Waals surface area contributed by atoms with E-state index in [1.54, 1.807) is 0 Å². The van der Waals surface area contributed by atoms with Gasteiger partial charge in [0.2, 0.25) is 5.91 Å². The number of hydrogen-bond acceptors (Lipinski definition) is 3. The van der Waals surface area contributed by atoms with Crippen LogP contribution in [0.4, 0.5) is 5.69 Å². The number of likely N-dealkylation sites (tertiary alicyclic amines) is 1. The summed E-state index contributed by atoms with van der Waals surface area (Å²) in [5.41, 5.74) is 2.04. The van der Waals surface area contributed by atoms with Crippen molar-refractivity contribution in [2.45, 2.75) is 56.3 Å². The summed E-state index contributed by atoms with van der Waals surface area (Å²) >= 11 is 1.82. The summed E-state index contributed by atoms with van der Waals surface area (Å²) in [7, 11) is 0. The van der Waals surface area contributed by atoms with E-state index >= 15 is 0 Å². The Bertz CT molecular complexity index is 881. The molecule has 2 fully saturated rings. The molecule has 3 nitrogen and oxygen atoms in total. The van der Waals surface area contributed by atoms with Crippen molar-refractivity contribution in [3.8, 4) is 0 Å². The molecule has 2 aliphatic rings. The van der Waals surface area contributed by atoms with Crippen molar-refractivity contribution in [2.24, 2.45) is 11.8 Å². The lowest BCUT2D eigenvalue weighted by molar-refractivity contribution is -0.137. The number of hydrogen-bond donors (Lipinski definition) is 0. The zero-order chi connectivity index (χ0) is 22.6. The van der Waals surface area contributed by atoms with Crippen LogP contribution in [0.5, 0.6) is 0 Å². The zero-order valence-corrected chi connectivity index (χ0v) is 20.7. The number of benzene rings is 2. The molecule has 4 rings (SSSR count). The summed E-state index contributed by atoms with van der Waals surface area (Å²) in [6.45, 7) is 8.31. The first-order valence-corrected chi connectivity index (χ1v) is 13.4. The zero-order valence-electron chi connectivity index (χ0n) is 19.9. The standard InChI is InChI=1S/C28H38N2OS/c1-28(2,24-8-5-4-6-9-24)27(31)30-18-14-23(15-19-30)20-22-12-16-29(17-13-22)25-10-7-11-26(21-25)32-3/h4-11,21-23H,12-20H2,1-3H3. The molecule has 0 aromatic heterocycles. The molecule has 2 saturated heterocycles. The first-order chi connectivity index (χ1) is 15.5. The summed E-state index contributed by atoms with van der Waals surface area (Å²) in [5.74, 6) is 1.89. The molecule has 32 heavy (non-hydrogen) atoms. The second kappa shape index (κ2) is 10.3. The van der Waals surface area contributed by atoms with Crippen LogP contribution in [0, 0.1) is 11.8 Å². The van der Waals surface area contributed by atoms with Gasteiger partial charge in [-0.05, 0) is 87.8 Å². The van der Waals surface area contributed by atoms with Crippen LogP contribution < -0.4 is 4.90 Å². The first kappa shape index (κ1) is 23.2. The maximum Gasteiger partial charge on any atom is 0.232 e. The Morgan fingerprint density at radius 2 is 1.53 bits per heavy atom. The average molecular weight is 451 g/mol. The molecule has 0 atom stereocenters. The van der Waals surface area contributed by atoms with E-state index in [9.17, 15) is 4.79 Å². The summed E-state index contributed by atoms with van der Waals surface area (Å²) in [6.07, 6.45) is 8.39. The number of thioether (sulfide) groups is 1. The van der Waals surface area contributed by atoms with Crippen LogP contribution >= 0.6 is 11.8 Å². The van der Waals surface area contributed by atoms with E-state index in [2.05, 4.69) is 66.3 Å². The monoisotopic (exact) mass is 450 g/mol. The molecule has 2 aliphatic heterocycles. The van der Waals surface area contributed by atoms with E-state index in [1.165, 1.54) is 42.9 Å². The minimum atomic E-state index is -0.450. The molecule has 1 amide bonds. The maximum atomic E-state index is 13.3. The molecule has 4 heteroatoms. The molecule has 0 N–H and O–H groups in total. The first-order valence-electron chi connectivity index (χ1n) is 12.2. The number of anilines is 1. The van der Waals surface area contributed by atoms with E-state index < -0.39 is 5.41 Å². The predicted octanol–water partition coefficient (Wildman–Crippen LogP) is 6.23. The Kier molecular flexibility index (Phi) is 7.50. The van der Waals surface area contributed by atoms with Gasteiger partial charge in [-0.25, -0.2) is 0 Å². The molecule has 0 saturated carbocycles. The molecule has 2 aromatic rings. The van der Waals surface area contributed by atoms with Gasteiger partial charge >= 0.3 is 0 Å². The third-order valence-corrected chi connectivity index (χ3v) is 8.36. The molecule has 0 unspecified atom stereocenters. The van der Waals surface area contributed by atoms with Crippen molar-refractivity contribution in [1.82, 2.24) is 4.90 Å². The largest absolute Gasteiger partial charge is 0.371 e. The van der Waals surface area contributed by atoms with Gasteiger partial charge in [-0.1, -0.05) is 36.4 Å². The highest BCUT2D eigenvalue weighted by Crippen LogP contribution is 2.34. The van der Waals surface area contributed by atoms with Crippen LogP contribution in [0.3, 0.4) is 0 Å². The van der Waals surface area contributed by atoms with Crippen LogP contribution in [0.2, 0.25) is 0 Å². The van der Waals surface area contributed by atoms with Gasteiger partial charge in [0.15, 0.2) is 0 Å². The third kappa shape index (κ3) is 5.33. The van der Waals surface area contributed by atoms with Gasteiger partial charge in [0.05, 0.1) is 5.41 Å². The Hall–Kier alpha value is -1.94. The van der Waals surface area contributed by atoms with Gasteiger partial charge < -0.3 is 9.80 Å². The molecule has 2 heterocycles. The van der Waals surface area contributed by atoms with Crippen molar-refractivity contribution in [3.05, 3.63) is 60.2 Å². The fourth-order valence-electron chi connectivity index (χ4n) is 5.45. The normalized spacial score (nSPS) is 18.7. The van der Waals surface area contributed by atoms with Crippen LogP contribution in [0.15, 0.2) is 59.5 Å². The summed E-state index contributed by atoms with van der Waals surface area (Å²) < 4.78 is 0. The van der Waals surface area contributed by atoms with E-state index in [-0.39, 0.29) is 5.91 Å². The summed E-state index contributed by atoms with van der Waals surface area (Å²) in [4.78, 5) is 19.3. The molecule has 0 spiro atoms. The SMILES string of the molecule is CSc1cccc(N2CCC(CC3CCN(C(=O)C(C)(C)c4ccccc4)CC3)CC2)c1. The highest BCUT2D eigenvalue weighted by atomic mass is 32.2. The molecular weight excluding hydrogens is 412 g/mol. The topological polar surface area (TPSA) is 23.6 Å². The average Bonchev–Trinajstić information content (AvgIpc) is 2.85. The fourth-order valence-corrected chi connectivity index (χ4v) is 5.90. The fraction of sp³-hybridized carbons (Fsp3) is 0.536. The number of amides is 1. The van der Waals surface area contributed by atoms with Crippen LogP contribution in [0.1, 0.15) is 51.5 Å². The van der Waals surface area contributed by atoms with Crippen molar-refractivity contribution in [1.29, 1.82) is 0 Å². The van der Waals surface area contributed by atoms with E-state index in [0.717, 1.165) is 43.3 Å². The second-order valence-corrected chi connectivity index (χ2v) is 11.0. The van der Waals surface area contributed by atoms with Gasteiger partial charge in [0.1, 0.15) is 0 Å². The van der Waals surface area contributed by atoms with Gasteiger partial charge in [0, 0.05) is 36.8 Å². The number of nitrogens with zero attached hydrogens (tertiary/aromatic N) is 2. The summed E-state index contributed by atoms with van der Waals surface area (Å²) in [5, 5.41) is 0. The van der Waals surface area contributed by atoms with Crippen LogP contribution in [-0.4, -0.2) is 43.2 Å². The molecule has 0 aliphatic carbocycles. The second-order valence-electron chi connectivity index (χ2n) is 10.1. The quantitative estimate of drug-likeness (QED) is 0.487. The number of rotatable bonds is 6. The van der Waals surface area contributed by atoms with E-state index in [1.807, 2.05) is 30.0 Å². The summed E-state index contributed by atoms with van der Waals surface area (Å²) in [6, 6.07) is 19.2. The van der Waals surface area contributed by atoms with E-state index in [0.29, 0.717) is 0 Å². The van der Waals surface area contributed by atoms with Crippen molar-refractivity contribution in [2.75, 3.05) is 37.3 Å². The molecule has 172 valence electrons. The smallest absolute Gasteiger partial charge is 0.232 e. The van der Waals surface area contributed by atoms with Crippen molar-refractivity contribution >= 4 is 23.4 Å². The van der Waals surface area contributed by atoms with Gasteiger partial charge in [-0.3, -0.25) is 4.79 Å². The lowest BCUT2D eigenvalue weighted by Gasteiger charge is -2.39. The highest BCUT2D eigenvalue weighted by molar-refractivity contribution is 7.98. The molecular formula is C28H38N2OS. The highest BCUT2D eigenvalue weighted by Gasteiger charge is 2.35. The molecule has 0 radical (unpaired) electrons. The predicted molar refractivity (Wildman–Crippen MR) is 137 cm³/mol. The van der Waals surface area contributed by atoms with Crippen molar-refractivity contribution < 1.29 is 4.79 Å². The Labute approximate surface area is 198 Å². The minimum Gasteiger partial charge on any atom is -0.371 e. The molecule has 0 bridgehead atoms. The van der Waals surface area contributed by atoms with Crippen LogP contribution in [-0.2, 0) is 10.2 Å². The minimum absolute atomic E-state index is 0.280. The Balaban J connectivity index is 1.24. The Morgan fingerprint density at radius 1 is 0.906 bits per heavy atom. The third-order valence-electron chi connectivity index (χ3n) is 7.63. The lowest BCUT2D eigenvalue weighted by atomic mass is 9.80. The number of carbonyl (C=O) groups is 1. The van der Waals surface area contributed by atoms with Gasteiger partial charge in [-0.15, -0.1) is 11.8 Å². The van der Waals surface area contributed by atoms with E-state index in [4.69, 9.17) is 0 Å². The lowest BCUT2D eigenvalue weighted by Crippen LogP contribution is -2.47. The Morgan fingerprint density at radius 3 is 2.16 bits per heavy atom. The molecule has 2 aromatic carbocycles.